The third-order valence-electron chi connectivity index (χ3n) is 1.70. The number of halogens is 3. The predicted octanol–water partition coefficient (Wildman–Crippen LogP) is 4.23. The van der Waals surface area contributed by atoms with Crippen molar-refractivity contribution >= 4 is 34.8 Å². The standard InChI is InChI=1S/C10H5Cl3N2O/c11-6-4-7(12)9(8(13)5-6)16-10-14-2-1-3-15-10/h1-5H. The highest BCUT2D eigenvalue weighted by atomic mass is 35.5. The zero-order valence-electron chi connectivity index (χ0n) is 7.82. The summed E-state index contributed by atoms with van der Waals surface area (Å²) < 4.78 is 5.35. The minimum Gasteiger partial charge on any atom is -0.421 e. The molecule has 1 aromatic heterocycles. The van der Waals surface area contributed by atoms with Gasteiger partial charge in [-0.2, -0.15) is 0 Å². The van der Waals surface area contributed by atoms with Crippen LogP contribution in [0.25, 0.3) is 0 Å². The number of nitrogens with zero attached hydrogens (tertiary/aromatic N) is 2. The van der Waals surface area contributed by atoms with Crippen LogP contribution < -0.4 is 4.74 Å². The maximum atomic E-state index is 5.94. The molecule has 1 aromatic carbocycles. The van der Waals surface area contributed by atoms with Gasteiger partial charge in [0.25, 0.3) is 0 Å². The van der Waals surface area contributed by atoms with Gasteiger partial charge in [0.1, 0.15) is 0 Å². The van der Waals surface area contributed by atoms with Crippen molar-refractivity contribution in [1.82, 2.24) is 9.97 Å². The molecule has 0 aliphatic heterocycles. The van der Waals surface area contributed by atoms with Crippen molar-refractivity contribution in [2.45, 2.75) is 0 Å². The van der Waals surface area contributed by atoms with Gasteiger partial charge in [-0.05, 0) is 18.2 Å². The topological polar surface area (TPSA) is 35.0 Å². The number of ether oxygens (including phenoxy) is 1. The first-order valence-corrected chi connectivity index (χ1v) is 5.39. The zero-order valence-corrected chi connectivity index (χ0v) is 10.1. The van der Waals surface area contributed by atoms with E-state index in [0.717, 1.165) is 0 Å². The van der Waals surface area contributed by atoms with Crippen molar-refractivity contribution in [1.29, 1.82) is 0 Å². The van der Waals surface area contributed by atoms with Gasteiger partial charge in [0.2, 0.25) is 0 Å². The number of hydrogen-bond acceptors (Lipinski definition) is 3. The Hall–Kier alpha value is -1.03. The van der Waals surface area contributed by atoms with E-state index in [-0.39, 0.29) is 6.01 Å². The van der Waals surface area contributed by atoms with Crippen LogP contribution in [0.1, 0.15) is 0 Å². The highest BCUT2D eigenvalue weighted by molar-refractivity contribution is 6.40. The number of benzene rings is 1. The molecule has 0 aliphatic carbocycles. The molecular weight excluding hydrogens is 270 g/mol. The van der Waals surface area contributed by atoms with Crippen LogP contribution in [0.3, 0.4) is 0 Å². The molecule has 2 rings (SSSR count). The normalized spacial score (nSPS) is 10.2. The summed E-state index contributed by atoms with van der Waals surface area (Å²) in [6.07, 6.45) is 3.11. The van der Waals surface area contributed by atoms with Crippen molar-refractivity contribution < 1.29 is 4.74 Å². The van der Waals surface area contributed by atoms with Gasteiger partial charge in [-0.25, -0.2) is 9.97 Å². The van der Waals surface area contributed by atoms with Crippen LogP contribution in [0.5, 0.6) is 11.8 Å². The zero-order chi connectivity index (χ0) is 11.5. The number of rotatable bonds is 2. The summed E-state index contributed by atoms with van der Waals surface area (Å²) in [7, 11) is 0. The molecule has 0 spiro atoms. The van der Waals surface area contributed by atoms with Gasteiger partial charge in [0.05, 0.1) is 10.0 Å². The van der Waals surface area contributed by atoms with Crippen molar-refractivity contribution in [2.75, 3.05) is 0 Å². The van der Waals surface area contributed by atoms with Gasteiger partial charge in [0.15, 0.2) is 5.75 Å². The van der Waals surface area contributed by atoms with E-state index in [9.17, 15) is 0 Å². The lowest BCUT2D eigenvalue weighted by Crippen LogP contribution is -1.91. The molecule has 3 nitrogen and oxygen atoms in total. The van der Waals surface area contributed by atoms with Crippen LogP contribution in [0.15, 0.2) is 30.6 Å². The Balaban J connectivity index is 2.35. The molecule has 1 heterocycles. The smallest absolute Gasteiger partial charge is 0.321 e. The summed E-state index contributed by atoms with van der Waals surface area (Å²) in [6.45, 7) is 0. The van der Waals surface area contributed by atoms with Gasteiger partial charge in [-0.1, -0.05) is 34.8 Å². The van der Waals surface area contributed by atoms with Gasteiger partial charge in [-0.3, -0.25) is 0 Å². The summed E-state index contributed by atoms with van der Waals surface area (Å²) in [4.78, 5) is 7.79. The molecule has 0 aliphatic rings. The fourth-order valence-corrected chi connectivity index (χ4v) is 1.95. The second-order valence-electron chi connectivity index (χ2n) is 2.83. The summed E-state index contributed by atoms with van der Waals surface area (Å²) in [5, 5.41) is 1.06. The van der Waals surface area contributed by atoms with Crippen molar-refractivity contribution in [2.24, 2.45) is 0 Å². The van der Waals surface area contributed by atoms with Gasteiger partial charge in [0, 0.05) is 17.4 Å². The van der Waals surface area contributed by atoms with Crippen LogP contribution >= 0.6 is 34.8 Å². The first-order chi connectivity index (χ1) is 7.66. The molecule has 0 unspecified atom stereocenters. The first-order valence-electron chi connectivity index (χ1n) is 4.26. The van der Waals surface area contributed by atoms with Gasteiger partial charge in [-0.15, -0.1) is 0 Å². The Morgan fingerprint density at radius 1 is 0.938 bits per heavy atom. The minimum absolute atomic E-state index is 0.175. The second-order valence-corrected chi connectivity index (χ2v) is 4.08. The summed E-state index contributed by atoms with van der Waals surface area (Å²) >= 11 is 17.6. The first kappa shape index (κ1) is 11.5. The lowest BCUT2D eigenvalue weighted by molar-refractivity contribution is 0.442. The third-order valence-corrected chi connectivity index (χ3v) is 2.48. The molecule has 2 aromatic rings. The molecule has 0 N–H and O–H groups in total. The Bertz CT molecular complexity index is 482. The van der Waals surface area contributed by atoms with E-state index in [2.05, 4.69) is 9.97 Å². The molecule has 0 fully saturated rings. The monoisotopic (exact) mass is 274 g/mol. The van der Waals surface area contributed by atoms with Gasteiger partial charge < -0.3 is 4.74 Å². The largest absolute Gasteiger partial charge is 0.421 e. The van der Waals surface area contributed by atoms with E-state index < -0.39 is 0 Å². The SMILES string of the molecule is Clc1cc(Cl)c(Oc2ncccn2)c(Cl)c1. The average molecular weight is 276 g/mol. The van der Waals surface area contributed by atoms with E-state index in [0.29, 0.717) is 20.8 Å². The number of aromatic nitrogens is 2. The highest BCUT2D eigenvalue weighted by Crippen LogP contribution is 2.37. The highest BCUT2D eigenvalue weighted by Gasteiger charge is 2.11. The van der Waals surface area contributed by atoms with E-state index in [1.165, 1.54) is 12.1 Å². The molecule has 82 valence electrons. The van der Waals surface area contributed by atoms with Crippen LogP contribution in [-0.4, -0.2) is 9.97 Å². The molecule has 0 saturated heterocycles. The molecule has 0 atom stereocenters. The summed E-state index contributed by atoms with van der Waals surface area (Å²) in [6, 6.07) is 4.92. The van der Waals surface area contributed by atoms with E-state index in [4.69, 9.17) is 39.5 Å². The molecular formula is C10H5Cl3N2O. The van der Waals surface area contributed by atoms with Crippen molar-refractivity contribution in [3.8, 4) is 11.8 Å². The number of hydrogen-bond donors (Lipinski definition) is 0. The molecule has 6 heteroatoms. The maximum absolute atomic E-state index is 5.94. The second kappa shape index (κ2) is 4.87. The van der Waals surface area contributed by atoms with Crippen LogP contribution in [-0.2, 0) is 0 Å². The van der Waals surface area contributed by atoms with E-state index in [1.807, 2.05) is 0 Å². The Kier molecular flexibility index (Phi) is 3.49. The fraction of sp³-hybridized carbons (Fsp3) is 0. The van der Waals surface area contributed by atoms with Crippen molar-refractivity contribution in [3.05, 3.63) is 45.7 Å². The lowest BCUT2D eigenvalue weighted by Gasteiger charge is -2.07. The predicted molar refractivity (Wildman–Crippen MR) is 63.6 cm³/mol. The van der Waals surface area contributed by atoms with Gasteiger partial charge >= 0.3 is 6.01 Å². The fourth-order valence-electron chi connectivity index (χ4n) is 1.06. The quantitative estimate of drug-likeness (QED) is 0.822. The summed E-state index contributed by atoms with van der Waals surface area (Å²) in [5.41, 5.74) is 0. The third kappa shape index (κ3) is 2.55. The van der Waals surface area contributed by atoms with Crippen LogP contribution in [0.2, 0.25) is 15.1 Å². The minimum atomic E-state index is 0.175. The average Bonchev–Trinajstić information content (AvgIpc) is 2.25. The maximum Gasteiger partial charge on any atom is 0.321 e. The Labute approximate surface area is 107 Å². The van der Waals surface area contributed by atoms with E-state index in [1.54, 1.807) is 18.5 Å². The lowest BCUT2D eigenvalue weighted by atomic mass is 10.3. The Morgan fingerprint density at radius 2 is 1.50 bits per heavy atom. The molecule has 0 radical (unpaired) electrons. The van der Waals surface area contributed by atoms with Crippen LogP contribution in [0.4, 0.5) is 0 Å². The molecule has 0 bridgehead atoms. The van der Waals surface area contributed by atoms with Crippen LogP contribution in [0, 0.1) is 0 Å². The Morgan fingerprint density at radius 3 is 2.06 bits per heavy atom. The summed E-state index contributed by atoms with van der Waals surface area (Å²) in [5.74, 6) is 0.291. The van der Waals surface area contributed by atoms with Crippen molar-refractivity contribution in [3.63, 3.8) is 0 Å². The molecule has 16 heavy (non-hydrogen) atoms. The molecule has 0 amide bonds. The molecule has 0 saturated carbocycles. The van der Waals surface area contributed by atoms with E-state index >= 15 is 0 Å².